The Bertz CT molecular complexity index is 1490. The number of halogens is 1. The molecule has 2 aliphatic rings. The normalized spacial score (nSPS) is 18.1. The molecule has 3 aromatic rings. The Kier molecular flexibility index (Phi) is 9.16. The molecule has 0 saturated heterocycles. The number of carbonyl (C=O) groups is 1. The van der Waals surface area contributed by atoms with Crippen LogP contribution in [-0.4, -0.2) is 20.4 Å². The molecule has 1 saturated carbocycles. The van der Waals surface area contributed by atoms with Crippen molar-refractivity contribution in [3.05, 3.63) is 100 Å². The number of amides is 1. The second kappa shape index (κ2) is 12.7. The molecule has 224 valence electrons. The summed E-state index contributed by atoms with van der Waals surface area (Å²) >= 11 is 0. The molecular weight excluding hydrogens is 549 g/mol. The van der Waals surface area contributed by atoms with E-state index in [-0.39, 0.29) is 28.7 Å². The minimum Gasteiger partial charge on any atom is -0.349 e. The molecule has 42 heavy (non-hydrogen) atoms. The molecule has 0 aromatic heterocycles. The highest BCUT2D eigenvalue weighted by molar-refractivity contribution is 7.89. The number of carbonyl (C=O) groups excluding carboxylic acids is 1. The van der Waals surface area contributed by atoms with Gasteiger partial charge in [-0.2, -0.15) is 0 Å². The molecule has 2 unspecified atom stereocenters. The highest BCUT2D eigenvalue weighted by atomic mass is 32.2. The van der Waals surface area contributed by atoms with Crippen LogP contribution in [0.4, 0.5) is 4.39 Å². The second-order valence-corrected chi connectivity index (χ2v) is 14.5. The first-order valence-electron chi connectivity index (χ1n) is 15.0. The third kappa shape index (κ3) is 7.46. The molecule has 0 spiro atoms. The predicted molar refractivity (Wildman–Crippen MR) is 164 cm³/mol. The summed E-state index contributed by atoms with van der Waals surface area (Å²) in [5.41, 5.74) is 5.07. The highest BCUT2D eigenvalue weighted by Crippen LogP contribution is 2.32. The van der Waals surface area contributed by atoms with Crippen molar-refractivity contribution in [2.45, 2.75) is 101 Å². The van der Waals surface area contributed by atoms with Gasteiger partial charge >= 0.3 is 0 Å². The van der Waals surface area contributed by atoms with Crippen molar-refractivity contribution >= 4 is 15.9 Å². The number of hydrogen-bond acceptors (Lipinski definition) is 4. The summed E-state index contributed by atoms with van der Waals surface area (Å²) in [7, 11) is -3.95. The average molecular weight is 592 g/mol. The van der Waals surface area contributed by atoms with Crippen LogP contribution in [0.1, 0.15) is 99.2 Å². The van der Waals surface area contributed by atoms with Crippen LogP contribution in [0.15, 0.2) is 71.6 Å². The molecule has 2 aliphatic carbocycles. The molecule has 8 heteroatoms. The SMILES string of the molecule is CC(C)(C)c1ccc(S(=O)(=O)NC(CC(=O)NC2CCCc3cc(CNC4CCC4)ccc32)c2ccc(F)cc2)cc1. The molecule has 3 N–H and O–H groups in total. The summed E-state index contributed by atoms with van der Waals surface area (Å²) in [6.07, 6.45) is 6.46. The van der Waals surface area contributed by atoms with Crippen molar-refractivity contribution in [2.24, 2.45) is 0 Å². The monoisotopic (exact) mass is 591 g/mol. The highest BCUT2D eigenvalue weighted by Gasteiger charge is 2.27. The summed E-state index contributed by atoms with van der Waals surface area (Å²) in [5.74, 6) is -0.688. The Balaban J connectivity index is 1.30. The van der Waals surface area contributed by atoms with Crippen molar-refractivity contribution in [2.75, 3.05) is 0 Å². The summed E-state index contributed by atoms with van der Waals surface area (Å²) in [6, 6.07) is 18.5. The number of rotatable bonds is 10. The van der Waals surface area contributed by atoms with Gasteiger partial charge in [-0.25, -0.2) is 17.5 Å². The minimum atomic E-state index is -3.95. The Labute approximate surface area is 249 Å². The van der Waals surface area contributed by atoms with Gasteiger partial charge in [0.05, 0.1) is 17.0 Å². The molecular formula is C34H42FN3O3S. The van der Waals surface area contributed by atoms with E-state index in [0.29, 0.717) is 11.6 Å². The van der Waals surface area contributed by atoms with E-state index in [9.17, 15) is 17.6 Å². The third-order valence-corrected chi connectivity index (χ3v) is 10.0. The zero-order chi connectivity index (χ0) is 29.9. The van der Waals surface area contributed by atoms with E-state index >= 15 is 0 Å². The largest absolute Gasteiger partial charge is 0.349 e. The minimum absolute atomic E-state index is 0.111. The maximum atomic E-state index is 13.7. The predicted octanol–water partition coefficient (Wildman–Crippen LogP) is 6.37. The maximum absolute atomic E-state index is 13.7. The number of aryl methyl sites for hydroxylation is 1. The Morgan fingerprint density at radius 3 is 2.31 bits per heavy atom. The van der Waals surface area contributed by atoms with E-state index in [1.807, 2.05) is 12.1 Å². The number of nitrogens with one attached hydrogen (secondary N) is 3. The molecule has 0 bridgehead atoms. The quantitative estimate of drug-likeness (QED) is 0.256. The van der Waals surface area contributed by atoms with Gasteiger partial charge in [0, 0.05) is 19.0 Å². The topological polar surface area (TPSA) is 87.3 Å². The molecule has 0 heterocycles. The van der Waals surface area contributed by atoms with Crippen LogP contribution in [-0.2, 0) is 33.2 Å². The van der Waals surface area contributed by atoms with Gasteiger partial charge in [-0.1, -0.05) is 69.7 Å². The van der Waals surface area contributed by atoms with E-state index in [1.165, 1.54) is 54.7 Å². The lowest BCUT2D eigenvalue weighted by Gasteiger charge is -2.29. The molecule has 2 atom stereocenters. The van der Waals surface area contributed by atoms with Gasteiger partial charge in [0.25, 0.3) is 0 Å². The van der Waals surface area contributed by atoms with Crippen molar-refractivity contribution in [3.63, 3.8) is 0 Å². The number of hydrogen-bond donors (Lipinski definition) is 3. The van der Waals surface area contributed by atoms with Crippen LogP contribution >= 0.6 is 0 Å². The van der Waals surface area contributed by atoms with Gasteiger partial charge in [0.15, 0.2) is 0 Å². The summed E-state index contributed by atoms with van der Waals surface area (Å²) in [4.78, 5) is 13.5. The van der Waals surface area contributed by atoms with Crippen molar-refractivity contribution in [1.82, 2.24) is 15.4 Å². The Hall–Kier alpha value is -3.07. The molecule has 0 aliphatic heterocycles. The van der Waals surface area contributed by atoms with E-state index < -0.39 is 21.9 Å². The van der Waals surface area contributed by atoms with Gasteiger partial charge in [-0.3, -0.25) is 4.79 Å². The smallest absolute Gasteiger partial charge is 0.241 e. The average Bonchev–Trinajstić information content (AvgIpc) is 2.92. The lowest BCUT2D eigenvalue weighted by molar-refractivity contribution is -0.122. The lowest BCUT2D eigenvalue weighted by atomic mass is 9.86. The van der Waals surface area contributed by atoms with Gasteiger partial charge < -0.3 is 10.6 Å². The molecule has 0 radical (unpaired) electrons. The number of benzene rings is 3. The van der Waals surface area contributed by atoms with Gasteiger partial charge in [-0.15, -0.1) is 0 Å². The zero-order valence-corrected chi connectivity index (χ0v) is 25.6. The summed E-state index contributed by atoms with van der Waals surface area (Å²) < 4.78 is 43.2. The van der Waals surface area contributed by atoms with Crippen LogP contribution in [0, 0.1) is 5.82 Å². The Morgan fingerprint density at radius 1 is 0.952 bits per heavy atom. The third-order valence-electron chi connectivity index (χ3n) is 8.55. The van der Waals surface area contributed by atoms with Crippen LogP contribution in [0.3, 0.4) is 0 Å². The van der Waals surface area contributed by atoms with Crippen LogP contribution in [0.5, 0.6) is 0 Å². The van der Waals surface area contributed by atoms with E-state index in [2.05, 4.69) is 54.3 Å². The van der Waals surface area contributed by atoms with Crippen LogP contribution in [0.25, 0.3) is 0 Å². The fraction of sp³-hybridized carbons (Fsp3) is 0.441. The first-order valence-corrected chi connectivity index (χ1v) is 16.5. The molecule has 1 fully saturated rings. The van der Waals surface area contributed by atoms with E-state index in [4.69, 9.17) is 0 Å². The van der Waals surface area contributed by atoms with E-state index in [0.717, 1.165) is 36.9 Å². The number of fused-ring (bicyclic) bond motifs is 1. The molecule has 6 nitrogen and oxygen atoms in total. The summed E-state index contributed by atoms with van der Waals surface area (Å²) in [6.45, 7) is 7.05. The maximum Gasteiger partial charge on any atom is 0.241 e. The van der Waals surface area contributed by atoms with Crippen molar-refractivity contribution in [3.8, 4) is 0 Å². The standard InChI is InChI=1S/C34H42FN3O3S/c1-34(2,3)26-13-17-29(18-14-26)42(40,41)38-32(24-11-15-27(35)16-12-24)21-33(39)37-31-9-4-6-25-20-23(10-19-30(25)31)22-36-28-7-5-8-28/h10-20,28,31-32,36,38H,4-9,21-22H2,1-3H3,(H,37,39). The first-order chi connectivity index (χ1) is 20.0. The van der Waals surface area contributed by atoms with Crippen molar-refractivity contribution in [1.29, 1.82) is 0 Å². The van der Waals surface area contributed by atoms with Crippen LogP contribution in [0.2, 0.25) is 0 Å². The molecule has 1 amide bonds. The fourth-order valence-corrected chi connectivity index (χ4v) is 6.98. The number of sulfonamides is 1. The fourth-order valence-electron chi connectivity index (χ4n) is 5.75. The van der Waals surface area contributed by atoms with E-state index in [1.54, 1.807) is 12.1 Å². The van der Waals surface area contributed by atoms with Crippen molar-refractivity contribution < 1.29 is 17.6 Å². The molecule has 5 rings (SSSR count). The molecule has 3 aromatic carbocycles. The van der Waals surface area contributed by atoms with Gasteiger partial charge in [0.2, 0.25) is 15.9 Å². The van der Waals surface area contributed by atoms with Crippen LogP contribution < -0.4 is 15.4 Å². The lowest BCUT2D eigenvalue weighted by Crippen LogP contribution is -2.36. The first kappa shape index (κ1) is 30.4. The zero-order valence-electron chi connectivity index (χ0n) is 24.8. The van der Waals surface area contributed by atoms with Gasteiger partial charge in [0.1, 0.15) is 5.82 Å². The second-order valence-electron chi connectivity index (χ2n) is 12.8. The van der Waals surface area contributed by atoms with Gasteiger partial charge in [-0.05, 0) is 89.6 Å². The summed E-state index contributed by atoms with van der Waals surface area (Å²) in [5, 5.41) is 6.78. The Morgan fingerprint density at radius 2 is 1.67 bits per heavy atom.